The Labute approximate surface area is 89.3 Å². The van der Waals surface area contributed by atoms with E-state index in [0.717, 1.165) is 17.9 Å². The first-order valence-corrected chi connectivity index (χ1v) is 5.28. The van der Waals surface area contributed by atoms with Crippen LogP contribution in [0.1, 0.15) is 11.1 Å². The topological polar surface area (TPSA) is 19.9 Å². The van der Waals surface area contributed by atoms with E-state index in [0.29, 0.717) is 13.1 Å². The van der Waals surface area contributed by atoms with E-state index in [2.05, 4.69) is 6.07 Å². The molecule has 0 N–H and O–H groups in total. The number of quaternary nitrogens is 1. The van der Waals surface area contributed by atoms with Gasteiger partial charge in [-0.25, -0.2) is 0 Å². The summed E-state index contributed by atoms with van der Waals surface area (Å²) in [6.45, 7) is 1.30. The highest BCUT2D eigenvalue weighted by Gasteiger charge is 2.26. The van der Waals surface area contributed by atoms with E-state index in [1.807, 2.05) is 12.1 Å². The predicted octanol–water partition coefficient (Wildman–Crippen LogP) is 2.23. The molecule has 0 saturated carbocycles. The molecular formula is C11H14ClNO+. The monoisotopic (exact) mass is 211 g/mol. The molecule has 1 aromatic carbocycles. The first-order chi connectivity index (χ1) is 6.58. The SMILES string of the molecule is C[N+]1([O])CCc2cccc(Cl)c2CC1. The molecule has 0 fully saturated rings. The summed E-state index contributed by atoms with van der Waals surface area (Å²) in [5.74, 6) is 0. The Kier molecular flexibility index (Phi) is 2.52. The highest BCUT2D eigenvalue weighted by Crippen LogP contribution is 2.24. The summed E-state index contributed by atoms with van der Waals surface area (Å²) in [6, 6.07) is 5.94. The number of hydroxylamine groups is 3. The Hall–Kier alpha value is -0.570. The third-order valence-electron chi connectivity index (χ3n) is 2.90. The van der Waals surface area contributed by atoms with Gasteiger partial charge in [-0.05, 0) is 17.2 Å². The zero-order valence-electron chi connectivity index (χ0n) is 8.29. The molecule has 0 amide bonds. The smallest absolute Gasteiger partial charge is 0.116 e. The van der Waals surface area contributed by atoms with E-state index in [9.17, 15) is 5.21 Å². The van der Waals surface area contributed by atoms with Crippen LogP contribution in [0.2, 0.25) is 5.02 Å². The van der Waals surface area contributed by atoms with Crippen LogP contribution in [0, 0.1) is 0 Å². The number of likely N-dealkylation sites (N-methyl/N-ethyl adjacent to an activating group) is 1. The van der Waals surface area contributed by atoms with Crippen molar-refractivity contribution in [3.05, 3.63) is 34.3 Å². The lowest BCUT2D eigenvalue weighted by Gasteiger charge is -2.18. The Balaban J connectivity index is 2.34. The van der Waals surface area contributed by atoms with Crippen molar-refractivity contribution in [2.75, 3.05) is 20.1 Å². The van der Waals surface area contributed by atoms with Crippen LogP contribution in [-0.2, 0) is 18.0 Å². The summed E-state index contributed by atoms with van der Waals surface area (Å²) in [4.78, 5) is 0. The van der Waals surface area contributed by atoms with Crippen LogP contribution in [0.3, 0.4) is 0 Å². The van der Waals surface area contributed by atoms with Crippen molar-refractivity contribution < 1.29 is 9.85 Å². The first kappa shape index (κ1) is 9.97. The van der Waals surface area contributed by atoms with Gasteiger partial charge in [0.05, 0.1) is 0 Å². The van der Waals surface area contributed by atoms with Gasteiger partial charge in [0, 0.05) is 23.1 Å². The van der Waals surface area contributed by atoms with Gasteiger partial charge in [0.2, 0.25) is 0 Å². The number of hydrogen-bond donors (Lipinski definition) is 0. The average molecular weight is 212 g/mol. The van der Waals surface area contributed by atoms with Gasteiger partial charge in [-0.1, -0.05) is 23.7 Å². The molecule has 2 rings (SSSR count). The summed E-state index contributed by atoms with van der Waals surface area (Å²) in [5.41, 5.74) is 2.42. The molecule has 1 aliphatic heterocycles. The van der Waals surface area contributed by atoms with E-state index < -0.39 is 0 Å². The lowest BCUT2D eigenvalue weighted by atomic mass is 10.0. The van der Waals surface area contributed by atoms with Gasteiger partial charge in [-0.2, -0.15) is 0 Å². The van der Waals surface area contributed by atoms with E-state index in [4.69, 9.17) is 11.6 Å². The lowest BCUT2D eigenvalue weighted by Crippen LogP contribution is -2.40. The maximum absolute atomic E-state index is 11.8. The molecule has 1 atom stereocenters. The zero-order valence-corrected chi connectivity index (χ0v) is 9.05. The van der Waals surface area contributed by atoms with Crippen LogP contribution < -0.4 is 0 Å². The van der Waals surface area contributed by atoms with Crippen molar-refractivity contribution in [1.82, 2.24) is 0 Å². The number of benzene rings is 1. The third kappa shape index (κ3) is 1.92. The third-order valence-corrected chi connectivity index (χ3v) is 3.26. The van der Waals surface area contributed by atoms with Crippen molar-refractivity contribution in [2.45, 2.75) is 12.8 Å². The van der Waals surface area contributed by atoms with Crippen molar-refractivity contribution >= 4 is 11.6 Å². The second kappa shape index (κ2) is 3.54. The molecule has 3 heteroatoms. The largest absolute Gasteiger partial charge is 0.144 e. The van der Waals surface area contributed by atoms with Gasteiger partial charge < -0.3 is 0 Å². The molecule has 1 unspecified atom stereocenters. The normalized spacial score (nSPS) is 26.8. The van der Waals surface area contributed by atoms with Crippen LogP contribution in [0.5, 0.6) is 0 Å². The molecule has 1 aliphatic rings. The van der Waals surface area contributed by atoms with Crippen molar-refractivity contribution in [3.63, 3.8) is 0 Å². The summed E-state index contributed by atoms with van der Waals surface area (Å²) >= 11 is 6.10. The summed E-state index contributed by atoms with van der Waals surface area (Å²) in [7, 11) is 1.74. The standard InChI is InChI=1S/C11H14ClNO/c1-13(14)7-5-9-3-2-4-11(12)10(9)6-8-13/h2-4H,5-8H2,1H3/q+1. The maximum Gasteiger partial charge on any atom is 0.116 e. The highest BCUT2D eigenvalue weighted by atomic mass is 35.5. The molecule has 75 valence electrons. The molecule has 14 heavy (non-hydrogen) atoms. The van der Waals surface area contributed by atoms with Crippen LogP contribution in [-0.4, -0.2) is 24.8 Å². The van der Waals surface area contributed by atoms with Gasteiger partial charge in [-0.15, -0.1) is 4.65 Å². The Bertz CT molecular complexity index is 349. The number of rotatable bonds is 0. The maximum atomic E-state index is 11.8. The number of fused-ring (bicyclic) bond motifs is 1. The van der Waals surface area contributed by atoms with Crippen molar-refractivity contribution in [3.8, 4) is 0 Å². The minimum atomic E-state index is -0.148. The fourth-order valence-corrected chi connectivity index (χ4v) is 2.22. The van der Waals surface area contributed by atoms with Gasteiger partial charge >= 0.3 is 0 Å². The molecule has 2 nitrogen and oxygen atoms in total. The van der Waals surface area contributed by atoms with Crippen LogP contribution >= 0.6 is 11.6 Å². The van der Waals surface area contributed by atoms with Gasteiger partial charge in [-0.3, -0.25) is 0 Å². The molecule has 0 spiro atoms. The second-order valence-corrected chi connectivity index (χ2v) is 4.53. The summed E-state index contributed by atoms with van der Waals surface area (Å²) in [6.07, 6.45) is 1.64. The van der Waals surface area contributed by atoms with Crippen molar-refractivity contribution in [1.29, 1.82) is 0 Å². The Morgan fingerprint density at radius 3 is 2.79 bits per heavy atom. The number of nitrogens with zero attached hydrogens (tertiary/aromatic N) is 1. The highest BCUT2D eigenvalue weighted by molar-refractivity contribution is 6.31. The van der Waals surface area contributed by atoms with Gasteiger partial charge in [0.15, 0.2) is 0 Å². The summed E-state index contributed by atoms with van der Waals surface area (Å²) in [5, 5.41) is 12.6. The van der Waals surface area contributed by atoms with E-state index in [-0.39, 0.29) is 4.65 Å². The van der Waals surface area contributed by atoms with Crippen molar-refractivity contribution in [2.24, 2.45) is 0 Å². The lowest BCUT2D eigenvalue weighted by molar-refractivity contribution is -1.11. The van der Waals surface area contributed by atoms with Gasteiger partial charge in [0.1, 0.15) is 20.1 Å². The minimum absolute atomic E-state index is 0.148. The fraction of sp³-hybridized carbons (Fsp3) is 0.455. The minimum Gasteiger partial charge on any atom is -0.144 e. The van der Waals surface area contributed by atoms with E-state index in [1.165, 1.54) is 11.1 Å². The van der Waals surface area contributed by atoms with Crippen LogP contribution in [0.4, 0.5) is 0 Å². The zero-order chi connectivity index (χ0) is 10.2. The predicted molar refractivity (Wildman–Crippen MR) is 55.5 cm³/mol. The molecular weight excluding hydrogens is 198 g/mol. The molecule has 0 aliphatic carbocycles. The Morgan fingerprint density at radius 1 is 1.29 bits per heavy atom. The molecule has 0 saturated heterocycles. The quantitative estimate of drug-likeness (QED) is 0.587. The molecule has 1 radical (unpaired) electrons. The van der Waals surface area contributed by atoms with Crippen LogP contribution in [0.25, 0.3) is 0 Å². The number of halogens is 1. The van der Waals surface area contributed by atoms with Crippen LogP contribution in [0.15, 0.2) is 18.2 Å². The molecule has 1 heterocycles. The Morgan fingerprint density at radius 2 is 2.00 bits per heavy atom. The average Bonchev–Trinajstić information content (AvgIpc) is 2.27. The number of hydrogen-bond acceptors (Lipinski definition) is 0. The molecule has 0 bridgehead atoms. The molecule has 0 aromatic heterocycles. The second-order valence-electron chi connectivity index (χ2n) is 4.12. The van der Waals surface area contributed by atoms with E-state index >= 15 is 0 Å². The summed E-state index contributed by atoms with van der Waals surface area (Å²) < 4.78 is -0.148. The molecule has 1 aromatic rings. The fourth-order valence-electron chi connectivity index (χ4n) is 1.93. The first-order valence-electron chi connectivity index (χ1n) is 4.90. The van der Waals surface area contributed by atoms with Gasteiger partial charge in [0.25, 0.3) is 0 Å². The van der Waals surface area contributed by atoms with E-state index in [1.54, 1.807) is 7.05 Å².